The second-order valence-electron chi connectivity index (χ2n) is 10.8. The van der Waals surface area contributed by atoms with E-state index in [4.69, 9.17) is 13.8 Å². The van der Waals surface area contributed by atoms with Crippen LogP contribution in [0, 0.1) is 0 Å². The third-order valence-electron chi connectivity index (χ3n) is 6.03. The Morgan fingerprint density at radius 3 is 1.89 bits per heavy atom. The van der Waals surface area contributed by atoms with E-state index in [0.29, 0.717) is 27.1 Å². The van der Waals surface area contributed by atoms with Gasteiger partial charge in [-0.1, -0.05) is 103 Å². The Kier molecular flexibility index (Phi) is 22.5. The summed E-state index contributed by atoms with van der Waals surface area (Å²) in [4.78, 5) is 22.8. The van der Waals surface area contributed by atoms with E-state index in [-0.39, 0.29) is 13.0 Å². The van der Waals surface area contributed by atoms with Gasteiger partial charge in [-0.2, -0.15) is 0 Å². The van der Waals surface area contributed by atoms with Crippen molar-refractivity contribution in [2.75, 3.05) is 47.5 Å². The predicted molar refractivity (Wildman–Crippen MR) is 157 cm³/mol. The van der Waals surface area contributed by atoms with Gasteiger partial charge >= 0.3 is 13.8 Å². The van der Waals surface area contributed by atoms with Crippen molar-refractivity contribution in [3.63, 3.8) is 0 Å². The first-order valence-corrected chi connectivity index (χ1v) is 17.2. The van der Waals surface area contributed by atoms with Gasteiger partial charge < -0.3 is 19.2 Å². The lowest BCUT2D eigenvalue weighted by atomic mass is 10.0. The smallest absolute Gasteiger partial charge is 0.457 e. The normalized spacial score (nSPS) is 16.2. The molecule has 3 unspecified atom stereocenters. The number of hydrogen-bond acceptors (Lipinski definition) is 6. The third kappa shape index (κ3) is 24.0. The van der Waals surface area contributed by atoms with E-state index < -0.39 is 33.1 Å². The van der Waals surface area contributed by atoms with Crippen molar-refractivity contribution in [1.82, 2.24) is 0 Å². The Labute approximate surface area is 242 Å². The summed E-state index contributed by atoms with van der Waals surface area (Å²) in [6.07, 6.45) is 14.5. The number of alkyl halides is 2. The fraction of sp³-hybridized carbons (Fsp3) is 0.962. The number of unbranched alkanes of at least 4 members (excludes halogenated alkanes) is 9. The predicted octanol–water partition coefficient (Wildman–Crippen LogP) is 6.74. The summed E-state index contributed by atoms with van der Waals surface area (Å²) in [7, 11) is 1.53. The number of ether oxygens (including phenoxy) is 1. The van der Waals surface area contributed by atoms with Gasteiger partial charge in [-0.05, 0) is 19.3 Å². The molecule has 222 valence electrons. The molecule has 0 aromatic carbocycles. The highest BCUT2D eigenvalue weighted by Gasteiger charge is 2.25. The molecule has 4 atom stereocenters. The summed E-state index contributed by atoms with van der Waals surface area (Å²) >= 11 is 7.67. The van der Waals surface area contributed by atoms with E-state index in [2.05, 4.69) is 38.8 Å². The number of hydrogen-bond donors (Lipinski definition) is 2. The number of rotatable bonds is 25. The van der Waals surface area contributed by atoms with E-state index in [9.17, 15) is 19.4 Å². The number of phosphoric ester groups is 1. The molecule has 0 fully saturated rings. The zero-order chi connectivity index (χ0) is 28.2. The second kappa shape index (κ2) is 22.2. The molecule has 0 heterocycles. The largest absolute Gasteiger partial charge is 0.472 e. The molecule has 0 rings (SSSR count). The van der Waals surface area contributed by atoms with Crippen LogP contribution < -0.4 is 0 Å². The van der Waals surface area contributed by atoms with Crippen molar-refractivity contribution < 1.29 is 37.6 Å². The van der Waals surface area contributed by atoms with E-state index >= 15 is 0 Å². The van der Waals surface area contributed by atoms with Crippen LogP contribution in [0.1, 0.15) is 96.8 Å². The minimum atomic E-state index is -4.27. The van der Waals surface area contributed by atoms with Crippen LogP contribution in [0.2, 0.25) is 0 Å². The van der Waals surface area contributed by atoms with Crippen LogP contribution in [0.25, 0.3) is 0 Å². The van der Waals surface area contributed by atoms with Gasteiger partial charge in [0.15, 0.2) is 0 Å². The molecule has 0 aliphatic rings. The Hall–Kier alpha value is 0.460. The summed E-state index contributed by atoms with van der Waals surface area (Å²) in [6, 6.07) is 0. The van der Waals surface area contributed by atoms with Gasteiger partial charge in [0.2, 0.25) is 0 Å². The minimum absolute atomic E-state index is 0.0487. The van der Waals surface area contributed by atoms with E-state index in [1.54, 1.807) is 0 Å². The lowest BCUT2D eigenvalue weighted by Gasteiger charge is -2.24. The first-order chi connectivity index (χ1) is 17.4. The highest BCUT2D eigenvalue weighted by atomic mass is 79.9. The minimum Gasteiger partial charge on any atom is -0.457 e. The van der Waals surface area contributed by atoms with Gasteiger partial charge in [-0.3, -0.25) is 13.8 Å². The number of halogens is 2. The number of nitrogens with zero attached hydrogens (tertiary/aromatic N) is 1. The molecule has 11 heteroatoms. The second-order valence-corrected chi connectivity index (χ2v) is 14.6. The highest BCUT2D eigenvalue weighted by molar-refractivity contribution is 9.12. The van der Waals surface area contributed by atoms with Crippen LogP contribution in [0.5, 0.6) is 0 Å². The summed E-state index contributed by atoms with van der Waals surface area (Å²) in [6.45, 7) is 1.93. The molecule has 0 bridgehead atoms. The van der Waals surface area contributed by atoms with Crippen molar-refractivity contribution in [3.8, 4) is 0 Å². The number of aliphatic hydroxyl groups excluding tert-OH is 1. The maximum Gasteiger partial charge on any atom is 0.472 e. The van der Waals surface area contributed by atoms with Crippen molar-refractivity contribution in [2.24, 2.45) is 0 Å². The van der Waals surface area contributed by atoms with Gasteiger partial charge in [0.05, 0.1) is 34.4 Å². The molecule has 0 aliphatic heterocycles. The number of phosphoric acid groups is 1. The fourth-order valence-corrected chi connectivity index (χ4v) is 5.55. The monoisotopic (exact) mass is 680 g/mol. The van der Waals surface area contributed by atoms with Gasteiger partial charge in [0.25, 0.3) is 0 Å². The molecule has 0 saturated heterocycles. The van der Waals surface area contributed by atoms with Crippen molar-refractivity contribution in [2.45, 2.75) is 113 Å². The molecule has 0 aromatic heterocycles. The van der Waals surface area contributed by atoms with Crippen LogP contribution in [-0.2, 0) is 23.1 Å². The molecule has 2 N–H and O–H groups in total. The molecular weight excluding hydrogens is 629 g/mol. The fourth-order valence-electron chi connectivity index (χ4n) is 3.63. The third-order valence-corrected chi connectivity index (χ3v) is 9.91. The highest BCUT2D eigenvalue weighted by Crippen LogP contribution is 2.43. The van der Waals surface area contributed by atoms with E-state index in [0.717, 1.165) is 32.1 Å². The topological polar surface area (TPSA) is 102 Å². The average molecular weight is 682 g/mol. The maximum absolute atomic E-state index is 12.1. The molecule has 0 saturated carbocycles. The first kappa shape index (κ1) is 37.5. The van der Waals surface area contributed by atoms with Crippen LogP contribution in [-0.4, -0.2) is 83.7 Å². The molecule has 0 aromatic rings. The molecular formula is C26H53Br2NO7P+. The zero-order valence-electron chi connectivity index (χ0n) is 23.5. The Morgan fingerprint density at radius 2 is 1.38 bits per heavy atom. The van der Waals surface area contributed by atoms with Crippen molar-refractivity contribution in [3.05, 3.63) is 0 Å². The zero-order valence-corrected chi connectivity index (χ0v) is 27.6. The summed E-state index contributed by atoms with van der Waals surface area (Å²) < 4.78 is 27.5. The lowest BCUT2D eigenvalue weighted by Crippen LogP contribution is -2.37. The molecule has 0 spiro atoms. The Bertz CT molecular complexity index is 622. The standard InChI is InChI=1S/C26H52Br2NO7P/c1-5-6-7-8-10-13-16-24(27)25(28)17-14-11-9-12-15-18-26(31)36-23(21-30)22-35-37(32,33)34-20-19-29(2,3)4/h23-25,30H,5-22H2,1-4H3/p+1/t23-,24?,25?/m1/s1. The lowest BCUT2D eigenvalue weighted by molar-refractivity contribution is -0.870. The number of esters is 1. The maximum atomic E-state index is 12.1. The Morgan fingerprint density at radius 1 is 0.865 bits per heavy atom. The average Bonchev–Trinajstić information content (AvgIpc) is 2.81. The quantitative estimate of drug-likeness (QED) is 0.0362. The van der Waals surface area contributed by atoms with E-state index in [1.807, 2.05) is 21.1 Å². The number of aliphatic hydroxyl groups is 1. The van der Waals surface area contributed by atoms with Gasteiger partial charge in [-0.25, -0.2) is 4.57 Å². The summed E-state index contributed by atoms with van der Waals surface area (Å²) in [5.41, 5.74) is 0. The molecule has 0 aliphatic carbocycles. The number of quaternary nitrogens is 1. The molecule has 0 radical (unpaired) electrons. The summed E-state index contributed by atoms with van der Waals surface area (Å²) in [5.74, 6) is -0.446. The van der Waals surface area contributed by atoms with Crippen LogP contribution in [0.4, 0.5) is 0 Å². The van der Waals surface area contributed by atoms with Crippen molar-refractivity contribution >= 4 is 45.7 Å². The van der Waals surface area contributed by atoms with Crippen LogP contribution in [0.3, 0.4) is 0 Å². The van der Waals surface area contributed by atoms with Gasteiger partial charge in [0.1, 0.15) is 19.3 Å². The van der Waals surface area contributed by atoms with E-state index in [1.165, 1.54) is 44.9 Å². The molecule has 0 amide bonds. The number of likely N-dealkylation sites (N-methyl/N-ethyl adjacent to an activating group) is 1. The van der Waals surface area contributed by atoms with Gasteiger partial charge in [0, 0.05) is 16.1 Å². The van der Waals surface area contributed by atoms with Gasteiger partial charge in [-0.15, -0.1) is 0 Å². The SMILES string of the molecule is CCCCCCCCC(Br)C(Br)CCCCCCCC(=O)O[C@H](CO)COP(=O)(O)OCC[N+](C)(C)C. The number of carbonyl (C=O) groups is 1. The first-order valence-electron chi connectivity index (χ1n) is 13.9. The summed E-state index contributed by atoms with van der Waals surface area (Å²) in [5, 5.41) is 9.42. The van der Waals surface area contributed by atoms with Crippen LogP contribution >= 0.6 is 39.7 Å². The Balaban J connectivity index is 3.88. The molecule has 8 nitrogen and oxygen atoms in total. The number of carbonyl (C=O) groups excluding carboxylic acids is 1. The van der Waals surface area contributed by atoms with Crippen molar-refractivity contribution in [1.29, 1.82) is 0 Å². The molecule has 37 heavy (non-hydrogen) atoms. The van der Waals surface area contributed by atoms with Crippen LogP contribution in [0.15, 0.2) is 0 Å².